The van der Waals surface area contributed by atoms with Gasteiger partial charge in [-0.25, -0.2) is 0 Å². The summed E-state index contributed by atoms with van der Waals surface area (Å²) in [5.74, 6) is 2.98. The van der Waals surface area contributed by atoms with Crippen molar-refractivity contribution in [1.82, 2.24) is 5.32 Å². The van der Waals surface area contributed by atoms with Gasteiger partial charge in [0.1, 0.15) is 0 Å². The van der Waals surface area contributed by atoms with Crippen molar-refractivity contribution in [1.29, 1.82) is 0 Å². The van der Waals surface area contributed by atoms with Crippen LogP contribution in [0.3, 0.4) is 0 Å². The summed E-state index contributed by atoms with van der Waals surface area (Å²) in [6.07, 6.45) is 8.91. The number of carbonyl (C=O) groups excluding carboxylic acids is 1. The number of quaternary nitrogens is 1. The zero-order valence-corrected chi connectivity index (χ0v) is 18.1. The van der Waals surface area contributed by atoms with Gasteiger partial charge in [-0.3, -0.25) is 4.79 Å². The van der Waals surface area contributed by atoms with E-state index in [1.807, 2.05) is 0 Å². The van der Waals surface area contributed by atoms with Crippen LogP contribution < -0.4 is 29.3 Å². The van der Waals surface area contributed by atoms with Crippen LogP contribution in [0.2, 0.25) is 0 Å². The Bertz CT molecular complexity index is 390. The van der Waals surface area contributed by atoms with Gasteiger partial charge in [0, 0.05) is 18.4 Å². The van der Waals surface area contributed by atoms with Crippen molar-refractivity contribution in [3.8, 4) is 0 Å². The zero-order valence-electron chi connectivity index (χ0n) is 16.0. The van der Waals surface area contributed by atoms with Crippen LogP contribution in [-0.2, 0) is 4.79 Å². The third-order valence-electron chi connectivity index (χ3n) is 7.63. The third-order valence-corrected chi connectivity index (χ3v) is 7.63. The molecule has 0 heterocycles. The Morgan fingerprint density at radius 3 is 1.83 bits per heavy atom. The van der Waals surface area contributed by atoms with Crippen molar-refractivity contribution in [3.05, 3.63) is 0 Å². The highest BCUT2D eigenvalue weighted by molar-refractivity contribution is 5.83. The van der Waals surface area contributed by atoms with Gasteiger partial charge in [0.15, 0.2) is 0 Å². The standard InChI is InChI=1S/C20H36N2O.HI/c1-4-22(5-2,6-3)9-7-8-21-19(23)20-13-16-10-17(14-20)12-18(11-16)15-20;/h16-18H,4-15H2,1-3H3;1H. The Hall–Kier alpha value is 0.160. The second kappa shape index (κ2) is 8.24. The zero-order chi connectivity index (χ0) is 16.5. The van der Waals surface area contributed by atoms with Crippen LogP contribution in [0.1, 0.15) is 65.7 Å². The molecule has 0 spiro atoms. The molecule has 0 aromatic heterocycles. The average molecular weight is 448 g/mol. The summed E-state index contributed by atoms with van der Waals surface area (Å²) in [5, 5.41) is 3.34. The fourth-order valence-electron chi connectivity index (χ4n) is 6.34. The molecule has 0 aliphatic heterocycles. The number of hydrogen-bond acceptors (Lipinski definition) is 1. The average Bonchev–Trinajstić information content (AvgIpc) is 2.54. The lowest BCUT2D eigenvalue weighted by Gasteiger charge is -2.55. The van der Waals surface area contributed by atoms with Crippen LogP contribution >= 0.6 is 0 Å². The Labute approximate surface area is 165 Å². The predicted octanol–water partition coefficient (Wildman–Crippen LogP) is 0.590. The molecule has 4 fully saturated rings. The summed E-state index contributed by atoms with van der Waals surface area (Å²) in [5.41, 5.74) is 0.0287. The number of rotatable bonds is 8. The first-order valence-electron chi connectivity index (χ1n) is 10.2. The van der Waals surface area contributed by atoms with Gasteiger partial charge in [-0.15, -0.1) is 0 Å². The first kappa shape index (κ1) is 20.5. The largest absolute Gasteiger partial charge is 1.00 e. The summed E-state index contributed by atoms with van der Waals surface area (Å²) in [6, 6.07) is 0. The van der Waals surface area contributed by atoms with E-state index in [9.17, 15) is 4.79 Å². The smallest absolute Gasteiger partial charge is 0.226 e. The van der Waals surface area contributed by atoms with E-state index in [4.69, 9.17) is 0 Å². The topological polar surface area (TPSA) is 29.1 Å². The van der Waals surface area contributed by atoms with Crippen molar-refractivity contribution in [2.24, 2.45) is 23.2 Å². The maximum absolute atomic E-state index is 12.9. The molecule has 3 nitrogen and oxygen atoms in total. The van der Waals surface area contributed by atoms with Crippen LogP contribution in [0.4, 0.5) is 0 Å². The lowest BCUT2D eigenvalue weighted by Crippen LogP contribution is -3.00. The van der Waals surface area contributed by atoms with E-state index in [0.29, 0.717) is 5.91 Å². The monoisotopic (exact) mass is 448 g/mol. The van der Waals surface area contributed by atoms with Gasteiger partial charge < -0.3 is 33.8 Å². The molecule has 4 bridgehead atoms. The molecule has 4 heteroatoms. The van der Waals surface area contributed by atoms with E-state index >= 15 is 0 Å². The summed E-state index contributed by atoms with van der Waals surface area (Å²) in [6.45, 7) is 12.6. The highest BCUT2D eigenvalue weighted by atomic mass is 127. The molecule has 140 valence electrons. The van der Waals surface area contributed by atoms with E-state index in [0.717, 1.165) is 30.7 Å². The molecule has 0 radical (unpaired) electrons. The number of halogens is 1. The highest BCUT2D eigenvalue weighted by Crippen LogP contribution is 2.60. The second-order valence-electron chi connectivity index (χ2n) is 8.82. The molecular formula is C20H37IN2O. The number of nitrogens with one attached hydrogen (secondary N) is 1. The van der Waals surface area contributed by atoms with Gasteiger partial charge in [-0.1, -0.05) is 0 Å². The molecule has 0 unspecified atom stereocenters. The van der Waals surface area contributed by atoms with E-state index in [-0.39, 0.29) is 29.4 Å². The van der Waals surface area contributed by atoms with Gasteiger partial charge in [0.2, 0.25) is 5.91 Å². The maximum Gasteiger partial charge on any atom is 0.226 e. The fraction of sp³-hybridized carbons (Fsp3) is 0.950. The lowest BCUT2D eigenvalue weighted by molar-refractivity contribution is -0.923. The first-order chi connectivity index (χ1) is 11.0. The molecule has 1 amide bonds. The van der Waals surface area contributed by atoms with Crippen LogP contribution in [0, 0.1) is 23.2 Å². The summed E-state index contributed by atoms with van der Waals surface area (Å²) >= 11 is 0. The van der Waals surface area contributed by atoms with Gasteiger partial charge in [-0.2, -0.15) is 0 Å². The Morgan fingerprint density at radius 2 is 1.42 bits per heavy atom. The third kappa shape index (κ3) is 3.94. The SMILES string of the molecule is CC[N+](CC)(CC)CCCNC(=O)C12CC3CC(CC(C3)C1)C2.[I-]. The Kier molecular flexibility index (Phi) is 7.03. The Balaban J connectivity index is 0.00000208. The van der Waals surface area contributed by atoms with E-state index in [1.54, 1.807) is 0 Å². The molecular weight excluding hydrogens is 411 g/mol. The highest BCUT2D eigenvalue weighted by Gasteiger charge is 2.54. The Morgan fingerprint density at radius 1 is 0.958 bits per heavy atom. The lowest BCUT2D eigenvalue weighted by atomic mass is 9.49. The molecule has 4 rings (SSSR count). The molecule has 4 aliphatic carbocycles. The van der Waals surface area contributed by atoms with Gasteiger partial charge in [0.05, 0.1) is 26.2 Å². The summed E-state index contributed by atoms with van der Waals surface area (Å²) in [7, 11) is 0. The molecule has 0 saturated heterocycles. The number of amides is 1. The van der Waals surface area contributed by atoms with Crippen molar-refractivity contribution < 1.29 is 33.3 Å². The van der Waals surface area contributed by atoms with Crippen LogP contribution in [0.5, 0.6) is 0 Å². The van der Waals surface area contributed by atoms with Gasteiger partial charge in [0.25, 0.3) is 0 Å². The van der Waals surface area contributed by atoms with Gasteiger partial charge in [-0.05, 0) is 77.0 Å². The quantitative estimate of drug-likeness (QED) is 0.329. The van der Waals surface area contributed by atoms with Crippen LogP contribution in [-0.4, -0.2) is 43.1 Å². The second-order valence-corrected chi connectivity index (χ2v) is 8.82. The van der Waals surface area contributed by atoms with Gasteiger partial charge >= 0.3 is 0 Å². The summed E-state index contributed by atoms with van der Waals surface area (Å²) in [4.78, 5) is 12.9. The maximum atomic E-state index is 12.9. The van der Waals surface area contributed by atoms with Crippen LogP contribution in [0.25, 0.3) is 0 Å². The number of carbonyl (C=O) groups is 1. The van der Waals surface area contributed by atoms with Crippen molar-refractivity contribution in [2.75, 3.05) is 32.7 Å². The minimum atomic E-state index is 0. The number of nitrogens with zero attached hydrogens (tertiary/aromatic N) is 1. The van der Waals surface area contributed by atoms with E-state index in [2.05, 4.69) is 26.1 Å². The van der Waals surface area contributed by atoms with Crippen molar-refractivity contribution in [2.45, 2.75) is 65.7 Å². The normalized spacial score (nSPS) is 34.0. The molecule has 4 aliphatic rings. The molecule has 0 aromatic carbocycles. The minimum absolute atomic E-state index is 0. The minimum Gasteiger partial charge on any atom is -1.00 e. The van der Waals surface area contributed by atoms with E-state index < -0.39 is 0 Å². The first-order valence-corrected chi connectivity index (χ1v) is 10.2. The van der Waals surface area contributed by atoms with Crippen molar-refractivity contribution >= 4 is 5.91 Å². The molecule has 4 saturated carbocycles. The van der Waals surface area contributed by atoms with Crippen molar-refractivity contribution in [3.63, 3.8) is 0 Å². The molecule has 24 heavy (non-hydrogen) atoms. The predicted molar refractivity (Wildman–Crippen MR) is 95.0 cm³/mol. The van der Waals surface area contributed by atoms with Crippen LogP contribution in [0.15, 0.2) is 0 Å². The van der Waals surface area contributed by atoms with E-state index in [1.165, 1.54) is 69.2 Å². The fourth-order valence-corrected chi connectivity index (χ4v) is 6.34. The number of hydrogen-bond donors (Lipinski definition) is 1. The molecule has 0 atom stereocenters. The molecule has 0 aromatic rings. The summed E-state index contributed by atoms with van der Waals surface area (Å²) < 4.78 is 1.19. The molecule has 1 N–H and O–H groups in total.